The van der Waals surface area contributed by atoms with E-state index in [4.69, 9.17) is 0 Å². The Morgan fingerprint density at radius 2 is 2.24 bits per heavy atom. The van der Waals surface area contributed by atoms with E-state index in [-0.39, 0.29) is 5.56 Å². The van der Waals surface area contributed by atoms with E-state index in [1.807, 2.05) is 17.8 Å². The highest BCUT2D eigenvalue weighted by Crippen LogP contribution is 2.28. The van der Waals surface area contributed by atoms with Gasteiger partial charge in [-0.05, 0) is 38.7 Å². The van der Waals surface area contributed by atoms with Crippen LogP contribution in [0.15, 0.2) is 16.9 Å². The van der Waals surface area contributed by atoms with Crippen molar-refractivity contribution >= 4 is 0 Å². The maximum absolute atomic E-state index is 11.4. The molecule has 2 aromatic heterocycles. The first-order valence-electron chi connectivity index (χ1n) is 7.51. The number of aromatic amines is 1. The van der Waals surface area contributed by atoms with E-state index in [1.165, 1.54) is 16.8 Å². The summed E-state index contributed by atoms with van der Waals surface area (Å²) in [5.74, 6) is 0. The molecule has 1 unspecified atom stereocenters. The molecule has 1 atom stereocenters. The van der Waals surface area contributed by atoms with Gasteiger partial charge in [-0.25, -0.2) is 0 Å². The van der Waals surface area contributed by atoms with Crippen molar-refractivity contribution in [1.82, 2.24) is 20.1 Å². The monoisotopic (exact) mass is 286 g/mol. The van der Waals surface area contributed by atoms with Gasteiger partial charge in [-0.1, -0.05) is 6.07 Å². The van der Waals surface area contributed by atoms with E-state index >= 15 is 0 Å². The zero-order chi connectivity index (χ0) is 15.0. The van der Waals surface area contributed by atoms with Crippen molar-refractivity contribution in [2.75, 3.05) is 0 Å². The average molecular weight is 286 g/mol. The Balaban J connectivity index is 1.79. The summed E-state index contributed by atoms with van der Waals surface area (Å²) in [5.41, 5.74) is 5.88. The molecule has 21 heavy (non-hydrogen) atoms. The van der Waals surface area contributed by atoms with Gasteiger partial charge in [0.1, 0.15) is 0 Å². The van der Waals surface area contributed by atoms with Crippen LogP contribution < -0.4 is 10.9 Å². The fourth-order valence-electron chi connectivity index (χ4n) is 3.21. The molecule has 1 aliphatic carbocycles. The highest BCUT2D eigenvalue weighted by atomic mass is 16.1. The predicted octanol–water partition coefficient (Wildman–Crippen LogP) is 1.89. The predicted molar refractivity (Wildman–Crippen MR) is 82.3 cm³/mol. The third-order valence-corrected chi connectivity index (χ3v) is 4.52. The van der Waals surface area contributed by atoms with Gasteiger partial charge >= 0.3 is 0 Å². The smallest absolute Gasteiger partial charge is 0.248 e. The molecule has 5 nitrogen and oxygen atoms in total. The van der Waals surface area contributed by atoms with Crippen LogP contribution in [-0.4, -0.2) is 14.8 Å². The molecule has 2 N–H and O–H groups in total. The van der Waals surface area contributed by atoms with E-state index in [0.29, 0.717) is 6.04 Å². The molecule has 0 saturated heterocycles. The molecule has 0 fully saturated rings. The third kappa shape index (κ3) is 2.65. The normalized spacial score (nSPS) is 17.8. The fourth-order valence-corrected chi connectivity index (χ4v) is 3.21. The molecule has 0 radical (unpaired) electrons. The van der Waals surface area contributed by atoms with Crippen LogP contribution >= 0.6 is 0 Å². The fraction of sp³-hybridized carbons (Fsp3) is 0.500. The number of nitrogens with zero attached hydrogens (tertiary/aromatic N) is 2. The summed E-state index contributed by atoms with van der Waals surface area (Å²) in [6.45, 7) is 4.97. The second-order valence-electron chi connectivity index (χ2n) is 5.86. The van der Waals surface area contributed by atoms with Crippen molar-refractivity contribution in [1.29, 1.82) is 0 Å². The summed E-state index contributed by atoms with van der Waals surface area (Å²) in [6, 6.07) is 3.90. The number of pyridine rings is 1. The number of hydrogen-bond acceptors (Lipinski definition) is 3. The van der Waals surface area contributed by atoms with Gasteiger partial charge in [0.15, 0.2) is 0 Å². The van der Waals surface area contributed by atoms with Crippen molar-refractivity contribution in [2.24, 2.45) is 7.05 Å². The molecular weight excluding hydrogens is 264 g/mol. The van der Waals surface area contributed by atoms with Crippen LogP contribution in [0, 0.1) is 13.8 Å². The quantitative estimate of drug-likeness (QED) is 0.905. The molecule has 2 aromatic rings. The molecule has 3 rings (SSSR count). The highest BCUT2D eigenvalue weighted by molar-refractivity contribution is 5.28. The number of aromatic nitrogens is 3. The van der Waals surface area contributed by atoms with Crippen LogP contribution in [0.2, 0.25) is 0 Å². The molecule has 0 aromatic carbocycles. The Bertz CT molecular complexity index is 714. The van der Waals surface area contributed by atoms with Crippen LogP contribution in [0.4, 0.5) is 0 Å². The molecule has 2 heterocycles. The van der Waals surface area contributed by atoms with Gasteiger partial charge in [0.05, 0.1) is 5.69 Å². The Kier molecular flexibility index (Phi) is 3.68. The maximum Gasteiger partial charge on any atom is 0.248 e. The van der Waals surface area contributed by atoms with E-state index in [1.54, 1.807) is 6.07 Å². The molecule has 1 aliphatic rings. The first kappa shape index (κ1) is 14.1. The van der Waals surface area contributed by atoms with Gasteiger partial charge in [-0.15, -0.1) is 0 Å². The third-order valence-electron chi connectivity index (χ3n) is 4.52. The first-order valence-corrected chi connectivity index (χ1v) is 7.51. The number of H-pyrrole nitrogens is 1. The Morgan fingerprint density at radius 3 is 2.95 bits per heavy atom. The summed E-state index contributed by atoms with van der Waals surface area (Å²) in [4.78, 5) is 14.4. The zero-order valence-corrected chi connectivity index (χ0v) is 12.9. The average Bonchev–Trinajstić information content (AvgIpc) is 2.70. The largest absolute Gasteiger partial charge is 0.326 e. The first-order chi connectivity index (χ1) is 10.1. The van der Waals surface area contributed by atoms with Gasteiger partial charge in [0.25, 0.3) is 0 Å². The summed E-state index contributed by atoms with van der Waals surface area (Å²) in [6.07, 6.45) is 3.18. The van der Waals surface area contributed by atoms with E-state index in [0.717, 1.165) is 37.2 Å². The zero-order valence-electron chi connectivity index (χ0n) is 12.9. The van der Waals surface area contributed by atoms with Gasteiger partial charge in [0.2, 0.25) is 5.56 Å². The lowest BCUT2D eigenvalue weighted by Crippen LogP contribution is -2.27. The second-order valence-corrected chi connectivity index (χ2v) is 5.86. The van der Waals surface area contributed by atoms with Crippen LogP contribution in [-0.2, 0) is 20.0 Å². The molecule has 0 bridgehead atoms. The molecule has 112 valence electrons. The van der Waals surface area contributed by atoms with Crippen LogP contribution in [0.3, 0.4) is 0 Å². The summed E-state index contributed by atoms with van der Waals surface area (Å²) < 4.78 is 1.93. The molecule has 0 spiro atoms. The number of nitrogens with one attached hydrogen (secondary N) is 2. The number of rotatable bonds is 3. The van der Waals surface area contributed by atoms with Crippen molar-refractivity contribution in [3.63, 3.8) is 0 Å². The molecule has 0 aliphatic heterocycles. The molecule has 0 amide bonds. The van der Waals surface area contributed by atoms with Gasteiger partial charge < -0.3 is 10.3 Å². The number of aryl methyl sites for hydroxylation is 3. The lowest BCUT2D eigenvalue weighted by atomic mass is 9.91. The standard InChI is InChI=1S/C16H22N4O/c1-10-13(11(2)20(3)19-10)9-17-14-5-4-6-15-12(14)7-8-16(21)18-15/h7-8,14,17H,4-6,9H2,1-3H3,(H,18,21). The van der Waals surface area contributed by atoms with E-state index in [9.17, 15) is 4.79 Å². The lowest BCUT2D eigenvalue weighted by Gasteiger charge is -2.26. The highest BCUT2D eigenvalue weighted by Gasteiger charge is 2.21. The Hall–Kier alpha value is -1.88. The number of hydrogen-bond donors (Lipinski definition) is 2. The van der Waals surface area contributed by atoms with Crippen LogP contribution in [0.25, 0.3) is 0 Å². The molecular formula is C16H22N4O. The van der Waals surface area contributed by atoms with Gasteiger partial charge in [-0.2, -0.15) is 5.10 Å². The number of fused-ring (bicyclic) bond motifs is 1. The summed E-state index contributed by atoms with van der Waals surface area (Å²) in [5, 5.41) is 8.09. The minimum absolute atomic E-state index is 0.00616. The van der Waals surface area contributed by atoms with Gasteiger partial charge in [-0.3, -0.25) is 9.48 Å². The van der Waals surface area contributed by atoms with Crippen LogP contribution in [0.1, 0.15) is 47.1 Å². The van der Waals surface area contributed by atoms with Crippen molar-refractivity contribution in [3.8, 4) is 0 Å². The van der Waals surface area contributed by atoms with Crippen LogP contribution in [0.5, 0.6) is 0 Å². The summed E-state index contributed by atoms with van der Waals surface area (Å²) in [7, 11) is 1.98. The Morgan fingerprint density at radius 1 is 1.43 bits per heavy atom. The summed E-state index contributed by atoms with van der Waals surface area (Å²) >= 11 is 0. The van der Waals surface area contributed by atoms with E-state index < -0.39 is 0 Å². The second kappa shape index (κ2) is 5.48. The minimum atomic E-state index is -0.00616. The van der Waals surface area contributed by atoms with Crippen molar-refractivity contribution in [3.05, 3.63) is 50.7 Å². The SMILES string of the molecule is Cc1nn(C)c(C)c1CNC1CCCc2[nH]c(=O)ccc21. The molecule has 0 saturated carbocycles. The maximum atomic E-state index is 11.4. The lowest BCUT2D eigenvalue weighted by molar-refractivity contribution is 0.452. The van der Waals surface area contributed by atoms with E-state index in [2.05, 4.69) is 29.2 Å². The molecule has 5 heteroatoms. The van der Waals surface area contributed by atoms with Gasteiger partial charge in [0, 0.05) is 42.7 Å². The topological polar surface area (TPSA) is 62.7 Å². The Labute approximate surface area is 124 Å². The van der Waals surface area contributed by atoms with Crippen molar-refractivity contribution in [2.45, 2.75) is 45.7 Å². The minimum Gasteiger partial charge on any atom is -0.326 e. The van der Waals surface area contributed by atoms with Crippen molar-refractivity contribution < 1.29 is 0 Å².